The number of ether oxygens (including phenoxy) is 1. The van der Waals surface area contributed by atoms with E-state index >= 15 is 0 Å². The maximum absolute atomic E-state index is 13.3. The lowest BCUT2D eigenvalue weighted by molar-refractivity contribution is -0.0498. The molecule has 0 aliphatic heterocycles. The van der Waals surface area contributed by atoms with Gasteiger partial charge in [-0.3, -0.25) is 5.84 Å². The third-order valence-corrected chi connectivity index (χ3v) is 3.12. The zero-order valence-electron chi connectivity index (χ0n) is 11.3. The van der Waals surface area contributed by atoms with Gasteiger partial charge in [-0.25, -0.2) is 9.82 Å². The molecule has 6 heteroatoms. The predicted octanol–water partition coefficient (Wildman–Crippen LogP) is 3.29. The van der Waals surface area contributed by atoms with Crippen molar-refractivity contribution in [3.8, 4) is 5.75 Å². The summed E-state index contributed by atoms with van der Waals surface area (Å²) in [5.74, 6) is 5.32. The fraction of sp³-hybridized carbons (Fsp3) is 0.200. The number of benzene rings is 2. The quantitative estimate of drug-likeness (QED) is 0.657. The Bertz CT molecular complexity index is 602. The summed E-state index contributed by atoms with van der Waals surface area (Å²) in [6.07, 6.45) is 0. The number of hydrogen-bond acceptors (Lipinski definition) is 3. The minimum absolute atomic E-state index is 0.0693. The molecule has 0 fully saturated rings. The third kappa shape index (κ3) is 3.74. The van der Waals surface area contributed by atoms with Gasteiger partial charge in [0, 0.05) is 0 Å². The largest absolute Gasteiger partial charge is 0.435 e. The number of nitrogens with two attached hydrogens (primary N) is 1. The van der Waals surface area contributed by atoms with Gasteiger partial charge in [0.05, 0.1) is 6.04 Å². The Balaban J connectivity index is 2.26. The molecule has 0 saturated heterocycles. The van der Waals surface area contributed by atoms with E-state index in [0.29, 0.717) is 5.56 Å². The first-order valence-electron chi connectivity index (χ1n) is 6.28. The molecule has 21 heavy (non-hydrogen) atoms. The average Bonchev–Trinajstić information content (AvgIpc) is 2.45. The van der Waals surface area contributed by atoms with Crippen LogP contribution in [0.1, 0.15) is 22.7 Å². The number of hydrazine groups is 1. The third-order valence-electron chi connectivity index (χ3n) is 3.12. The van der Waals surface area contributed by atoms with E-state index in [1.165, 1.54) is 18.2 Å². The van der Waals surface area contributed by atoms with Gasteiger partial charge in [-0.2, -0.15) is 8.78 Å². The normalized spacial score (nSPS) is 12.5. The second-order valence-corrected chi connectivity index (χ2v) is 4.56. The monoisotopic (exact) mass is 296 g/mol. The lowest BCUT2D eigenvalue weighted by atomic mass is 9.97. The van der Waals surface area contributed by atoms with Crippen LogP contribution >= 0.6 is 0 Å². The predicted molar refractivity (Wildman–Crippen MR) is 73.4 cm³/mol. The van der Waals surface area contributed by atoms with Gasteiger partial charge >= 0.3 is 6.61 Å². The van der Waals surface area contributed by atoms with Gasteiger partial charge in [-0.05, 0) is 41.8 Å². The minimum Gasteiger partial charge on any atom is -0.435 e. The van der Waals surface area contributed by atoms with Crippen LogP contribution in [-0.4, -0.2) is 6.61 Å². The molecule has 1 unspecified atom stereocenters. The van der Waals surface area contributed by atoms with Crippen molar-refractivity contribution in [3.63, 3.8) is 0 Å². The van der Waals surface area contributed by atoms with Crippen molar-refractivity contribution in [2.24, 2.45) is 5.84 Å². The Hall–Kier alpha value is -2.05. The maximum atomic E-state index is 13.3. The van der Waals surface area contributed by atoms with E-state index < -0.39 is 6.61 Å². The first kappa shape index (κ1) is 15.3. The molecule has 0 bridgehead atoms. The van der Waals surface area contributed by atoms with E-state index in [4.69, 9.17) is 5.84 Å². The molecule has 0 heterocycles. The molecule has 0 spiro atoms. The van der Waals surface area contributed by atoms with Crippen molar-refractivity contribution in [3.05, 3.63) is 65.0 Å². The van der Waals surface area contributed by atoms with E-state index in [-0.39, 0.29) is 17.6 Å². The van der Waals surface area contributed by atoms with Crippen LogP contribution in [0.3, 0.4) is 0 Å². The van der Waals surface area contributed by atoms with Crippen molar-refractivity contribution in [1.29, 1.82) is 0 Å². The lowest BCUT2D eigenvalue weighted by Gasteiger charge is -2.18. The highest BCUT2D eigenvalue weighted by Crippen LogP contribution is 2.25. The van der Waals surface area contributed by atoms with E-state index in [1.54, 1.807) is 31.2 Å². The van der Waals surface area contributed by atoms with Gasteiger partial charge in [0.15, 0.2) is 0 Å². The topological polar surface area (TPSA) is 47.3 Å². The molecule has 2 aromatic carbocycles. The molecule has 1 atom stereocenters. The van der Waals surface area contributed by atoms with Gasteiger partial charge in [-0.1, -0.05) is 24.3 Å². The number of alkyl halides is 2. The van der Waals surface area contributed by atoms with Crippen LogP contribution in [0.15, 0.2) is 42.5 Å². The van der Waals surface area contributed by atoms with E-state index in [1.807, 2.05) is 0 Å². The van der Waals surface area contributed by atoms with Gasteiger partial charge in [-0.15, -0.1) is 0 Å². The van der Waals surface area contributed by atoms with Crippen molar-refractivity contribution in [2.45, 2.75) is 19.6 Å². The molecule has 2 rings (SSSR count). The van der Waals surface area contributed by atoms with Crippen LogP contribution in [0.25, 0.3) is 0 Å². The molecule has 3 N–H and O–H groups in total. The minimum atomic E-state index is -2.86. The summed E-state index contributed by atoms with van der Waals surface area (Å²) in [4.78, 5) is 0. The Labute approximate surface area is 120 Å². The molecule has 0 aliphatic carbocycles. The number of nitrogens with one attached hydrogen (secondary N) is 1. The van der Waals surface area contributed by atoms with E-state index in [2.05, 4.69) is 10.2 Å². The van der Waals surface area contributed by atoms with Crippen molar-refractivity contribution in [2.75, 3.05) is 0 Å². The summed E-state index contributed by atoms with van der Waals surface area (Å²) in [7, 11) is 0. The number of hydrogen-bond donors (Lipinski definition) is 2. The highest BCUT2D eigenvalue weighted by Gasteiger charge is 2.14. The number of aryl methyl sites for hydroxylation is 1. The summed E-state index contributed by atoms with van der Waals surface area (Å²) in [6.45, 7) is -1.20. The van der Waals surface area contributed by atoms with Gasteiger partial charge < -0.3 is 4.74 Å². The van der Waals surface area contributed by atoms with Crippen LogP contribution < -0.4 is 16.0 Å². The van der Waals surface area contributed by atoms with Crippen molar-refractivity contribution < 1.29 is 17.9 Å². The van der Waals surface area contributed by atoms with Gasteiger partial charge in [0.2, 0.25) is 0 Å². The Morgan fingerprint density at radius 3 is 2.19 bits per heavy atom. The fourth-order valence-electron chi connectivity index (χ4n) is 2.07. The van der Waals surface area contributed by atoms with Crippen LogP contribution in [0.5, 0.6) is 5.75 Å². The van der Waals surface area contributed by atoms with Crippen LogP contribution in [0, 0.1) is 12.7 Å². The summed E-state index contributed by atoms with van der Waals surface area (Å²) >= 11 is 0. The van der Waals surface area contributed by atoms with Gasteiger partial charge in [0.1, 0.15) is 11.6 Å². The Kier molecular flexibility index (Phi) is 4.82. The molecule has 3 nitrogen and oxygen atoms in total. The summed E-state index contributed by atoms with van der Waals surface area (Å²) in [5, 5.41) is 0. The summed E-state index contributed by atoms with van der Waals surface area (Å²) in [5.41, 5.74) is 4.67. The molecule has 112 valence electrons. The Morgan fingerprint density at radius 2 is 1.67 bits per heavy atom. The second-order valence-electron chi connectivity index (χ2n) is 4.56. The highest BCUT2D eigenvalue weighted by atomic mass is 19.3. The number of rotatable bonds is 5. The fourth-order valence-corrected chi connectivity index (χ4v) is 2.07. The van der Waals surface area contributed by atoms with Crippen LogP contribution in [0.2, 0.25) is 0 Å². The van der Waals surface area contributed by atoms with Crippen LogP contribution in [-0.2, 0) is 0 Å². The highest BCUT2D eigenvalue weighted by molar-refractivity contribution is 5.37. The van der Waals surface area contributed by atoms with Crippen molar-refractivity contribution in [1.82, 2.24) is 5.43 Å². The van der Waals surface area contributed by atoms with Gasteiger partial charge in [0.25, 0.3) is 0 Å². The molecular weight excluding hydrogens is 281 g/mol. The Morgan fingerprint density at radius 1 is 1.05 bits per heavy atom. The zero-order chi connectivity index (χ0) is 15.4. The number of halogens is 3. The molecule has 0 radical (unpaired) electrons. The molecule has 0 aromatic heterocycles. The van der Waals surface area contributed by atoms with Crippen molar-refractivity contribution >= 4 is 0 Å². The smallest absolute Gasteiger partial charge is 0.387 e. The first-order chi connectivity index (χ1) is 10.0. The molecule has 0 saturated carbocycles. The maximum Gasteiger partial charge on any atom is 0.387 e. The second kappa shape index (κ2) is 6.60. The standard InChI is InChI=1S/C15H15F3N2O/c1-9-8-11(4-7-13(9)16)14(20-19)10-2-5-12(6-3-10)21-15(17)18/h2-8,14-15,20H,19H2,1H3. The average molecular weight is 296 g/mol. The molecule has 0 aliphatic rings. The first-order valence-corrected chi connectivity index (χ1v) is 6.28. The SMILES string of the molecule is Cc1cc(C(NN)c2ccc(OC(F)F)cc2)ccc1F. The summed E-state index contributed by atoms with van der Waals surface area (Å²) < 4.78 is 41.8. The van der Waals surface area contributed by atoms with E-state index in [9.17, 15) is 13.2 Å². The summed E-state index contributed by atoms with van der Waals surface area (Å²) in [6, 6.07) is 10.4. The lowest BCUT2D eigenvalue weighted by Crippen LogP contribution is -2.28. The van der Waals surface area contributed by atoms with E-state index in [0.717, 1.165) is 11.1 Å². The zero-order valence-corrected chi connectivity index (χ0v) is 11.3. The molecular formula is C15H15F3N2O. The van der Waals surface area contributed by atoms with Crippen LogP contribution in [0.4, 0.5) is 13.2 Å². The molecule has 0 amide bonds. The molecule has 2 aromatic rings.